The summed E-state index contributed by atoms with van der Waals surface area (Å²) in [7, 11) is 0. The molecule has 0 aromatic heterocycles. The van der Waals surface area contributed by atoms with Crippen molar-refractivity contribution in [1.29, 1.82) is 0 Å². The normalized spacial score (nSPS) is 26.6. The maximum Gasteiger partial charge on any atom is 0.306 e. The van der Waals surface area contributed by atoms with Gasteiger partial charge in [-0.3, -0.25) is 14.4 Å². The lowest BCUT2D eigenvalue weighted by Gasteiger charge is -2.26. The van der Waals surface area contributed by atoms with Crippen LogP contribution in [-0.2, 0) is 14.4 Å². The number of carboxylic acids is 1. The molecule has 0 radical (unpaired) electrons. The molecule has 2 fully saturated rings. The molecule has 0 aromatic carbocycles. The van der Waals surface area contributed by atoms with Crippen molar-refractivity contribution in [1.82, 2.24) is 10.2 Å². The summed E-state index contributed by atoms with van der Waals surface area (Å²) in [6.07, 6.45) is 4.47. The molecule has 1 saturated carbocycles. The van der Waals surface area contributed by atoms with E-state index >= 15 is 0 Å². The number of carbonyl (C=O) groups is 3. The van der Waals surface area contributed by atoms with Gasteiger partial charge in [0.25, 0.3) is 0 Å². The Labute approximate surface area is 118 Å². The third kappa shape index (κ3) is 3.95. The third-order valence-corrected chi connectivity index (χ3v) is 4.29. The molecule has 2 rings (SSSR count). The van der Waals surface area contributed by atoms with E-state index in [9.17, 15) is 14.4 Å². The standard InChI is InChI=1S/C14H22N2O4/c17-12(9-16-7-1-2-13(16)18)15-8-10-3-5-11(6-4-10)14(19)20/h10-11H,1-9H2,(H,15,17)(H,19,20). The lowest BCUT2D eigenvalue weighted by Crippen LogP contribution is -2.40. The van der Waals surface area contributed by atoms with Gasteiger partial charge in [-0.05, 0) is 38.0 Å². The van der Waals surface area contributed by atoms with Gasteiger partial charge in [0.2, 0.25) is 11.8 Å². The second-order valence-electron chi connectivity index (χ2n) is 5.78. The molecule has 112 valence electrons. The monoisotopic (exact) mass is 282 g/mol. The van der Waals surface area contributed by atoms with Crippen LogP contribution in [0.1, 0.15) is 38.5 Å². The van der Waals surface area contributed by atoms with Crippen LogP contribution in [0.15, 0.2) is 0 Å². The van der Waals surface area contributed by atoms with E-state index in [4.69, 9.17) is 5.11 Å². The highest BCUT2D eigenvalue weighted by Crippen LogP contribution is 2.28. The highest BCUT2D eigenvalue weighted by molar-refractivity contribution is 5.85. The van der Waals surface area contributed by atoms with E-state index in [0.29, 0.717) is 38.3 Å². The van der Waals surface area contributed by atoms with Crippen molar-refractivity contribution in [2.45, 2.75) is 38.5 Å². The van der Waals surface area contributed by atoms with Crippen molar-refractivity contribution in [2.24, 2.45) is 11.8 Å². The molecular formula is C14H22N2O4. The van der Waals surface area contributed by atoms with Crippen molar-refractivity contribution < 1.29 is 19.5 Å². The van der Waals surface area contributed by atoms with Crippen LogP contribution in [0.3, 0.4) is 0 Å². The topological polar surface area (TPSA) is 86.7 Å². The number of carboxylic acid groups (broad SMARTS) is 1. The molecule has 1 aliphatic heterocycles. The Kier molecular flexibility index (Phi) is 4.98. The quantitative estimate of drug-likeness (QED) is 0.773. The van der Waals surface area contributed by atoms with E-state index in [1.807, 2.05) is 0 Å². The number of hydrogen-bond acceptors (Lipinski definition) is 3. The van der Waals surface area contributed by atoms with E-state index in [2.05, 4.69) is 5.32 Å². The van der Waals surface area contributed by atoms with Crippen molar-refractivity contribution >= 4 is 17.8 Å². The molecule has 1 saturated heterocycles. The Hall–Kier alpha value is -1.59. The van der Waals surface area contributed by atoms with Gasteiger partial charge in [0.05, 0.1) is 12.5 Å². The number of likely N-dealkylation sites (tertiary alicyclic amines) is 1. The van der Waals surface area contributed by atoms with Crippen molar-refractivity contribution in [3.63, 3.8) is 0 Å². The van der Waals surface area contributed by atoms with Crippen LogP contribution in [0.2, 0.25) is 0 Å². The average Bonchev–Trinajstić information content (AvgIpc) is 2.82. The van der Waals surface area contributed by atoms with Crippen LogP contribution in [0, 0.1) is 11.8 Å². The van der Waals surface area contributed by atoms with Crippen LogP contribution < -0.4 is 5.32 Å². The Morgan fingerprint density at radius 2 is 1.95 bits per heavy atom. The van der Waals surface area contributed by atoms with E-state index in [-0.39, 0.29) is 24.3 Å². The minimum atomic E-state index is -0.708. The highest BCUT2D eigenvalue weighted by Gasteiger charge is 2.26. The molecule has 20 heavy (non-hydrogen) atoms. The smallest absolute Gasteiger partial charge is 0.306 e. The first kappa shape index (κ1) is 14.8. The zero-order valence-electron chi connectivity index (χ0n) is 11.6. The molecule has 2 N–H and O–H groups in total. The van der Waals surface area contributed by atoms with E-state index in [0.717, 1.165) is 19.3 Å². The average molecular weight is 282 g/mol. The second-order valence-corrected chi connectivity index (χ2v) is 5.78. The Morgan fingerprint density at radius 3 is 2.50 bits per heavy atom. The van der Waals surface area contributed by atoms with Gasteiger partial charge in [0.1, 0.15) is 0 Å². The number of amides is 2. The van der Waals surface area contributed by atoms with Gasteiger partial charge < -0.3 is 15.3 Å². The summed E-state index contributed by atoms with van der Waals surface area (Å²) in [6, 6.07) is 0. The number of nitrogens with zero attached hydrogens (tertiary/aromatic N) is 1. The first-order chi connectivity index (χ1) is 9.56. The fourth-order valence-electron chi connectivity index (χ4n) is 2.97. The summed E-state index contributed by atoms with van der Waals surface area (Å²) < 4.78 is 0. The number of rotatable bonds is 5. The predicted octanol–water partition coefficient (Wildman–Crippen LogP) is 0.616. The number of aliphatic carboxylic acids is 1. The summed E-state index contributed by atoms with van der Waals surface area (Å²) in [6.45, 7) is 1.42. The van der Waals surface area contributed by atoms with E-state index in [1.165, 1.54) is 0 Å². The molecule has 1 aliphatic carbocycles. The van der Waals surface area contributed by atoms with E-state index < -0.39 is 5.97 Å². The molecule has 1 heterocycles. The van der Waals surface area contributed by atoms with Crippen molar-refractivity contribution in [2.75, 3.05) is 19.6 Å². The molecule has 6 heteroatoms. The molecule has 0 aromatic rings. The first-order valence-electron chi connectivity index (χ1n) is 7.33. The predicted molar refractivity (Wildman–Crippen MR) is 71.9 cm³/mol. The largest absolute Gasteiger partial charge is 0.481 e. The molecule has 2 aliphatic rings. The maximum atomic E-state index is 11.8. The molecule has 0 spiro atoms. The zero-order valence-corrected chi connectivity index (χ0v) is 11.6. The SMILES string of the molecule is O=C(CN1CCCC1=O)NCC1CCC(C(=O)O)CC1. The van der Waals surface area contributed by atoms with Gasteiger partial charge in [-0.15, -0.1) is 0 Å². The summed E-state index contributed by atoms with van der Waals surface area (Å²) in [4.78, 5) is 35.6. The van der Waals surface area contributed by atoms with Crippen LogP contribution in [0.5, 0.6) is 0 Å². The summed E-state index contributed by atoms with van der Waals surface area (Å²) in [5.74, 6) is -0.615. The van der Waals surface area contributed by atoms with Crippen LogP contribution in [-0.4, -0.2) is 47.4 Å². The fraction of sp³-hybridized carbons (Fsp3) is 0.786. The number of carbonyl (C=O) groups excluding carboxylic acids is 2. The van der Waals surface area contributed by atoms with Gasteiger partial charge in [0.15, 0.2) is 0 Å². The van der Waals surface area contributed by atoms with Crippen LogP contribution in [0.25, 0.3) is 0 Å². The van der Waals surface area contributed by atoms with Crippen molar-refractivity contribution in [3.05, 3.63) is 0 Å². The molecule has 0 unspecified atom stereocenters. The minimum absolute atomic E-state index is 0.0575. The van der Waals surface area contributed by atoms with Crippen LogP contribution >= 0.6 is 0 Å². The van der Waals surface area contributed by atoms with Crippen LogP contribution in [0.4, 0.5) is 0 Å². The van der Waals surface area contributed by atoms with Gasteiger partial charge in [0, 0.05) is 19.5 Å². The highest BCUT2D eigenvalue weighted by atomic mass is 16.4. The lowest BCUT2D eigenvalue weighted by atomic mass is 9.82. The summed E-state index contributed by atoms with van der Waals surface area (Å²) in [5, 5.41) is 11.8. The Balaban J connectivity index is 1.64. The van der Waals surface area contributed by atoms with Gasteiger partial charge in [-0.2, -0.15) is 0 Å². The molecule has 6 nitrogen and oxygen atoms in total. The summed E-state index contributed by atoms with van der Waals surface area (Å²) >= 11 is 0. The molecule has 0 atom stereocenters. The van der Waals surface area contributed by atoms with Gasteiger partial charge in [-0.1, -0.05) is 0 Å². The molecule has 2 amide bonds. The van der Waals surface area contributed by atoms with Gasteiger partial charge >= 0.3 is 5.97 Å². The Bertz CT molecular complexity index is 389. The fourth-order valence-corrected chi connectivity index (χ4v) is 2.97. The van der Waals surface area contributed by atoms with Crippen molar-refractivity contribution in [3.8, 4) is 0 Å². The number of hydrogen-bond donors (Lipinski definition) is 2. The minimum Gasteiger partial charge on any atom is -0.481 e. The zero-order chi connectivity index (χ0) is 14.5. The number of nitrogens with one attached hydrogen (secondary N) is 1. The molecular weight excluding hydrogens is 260 g/mol. The lowest BCUT2D eigenvalue weighted by molar-refractivity contribution is -0.143. The van der Waals surface area contributed by atoms with Gasteiger partial charge in [-0.25, -0.2) is 0 Å². The Morgan fingerprint density at radius 1 is 1.25 bits per heavy atom. The maximum absolute atomic E-state index is 11.8. The first-order valence-corrected chi connectivity index (χ1v) is 7.33. The van der Waals surface area contributed by atoms with E-state index in [1.54, 1.807) is 4.90 Å². The third-order valence-electron chi connectivity index (χ3n) is 4.29. The second kappa shape index (κ2) is 6.72. The molecule has 0 bridgehead atoms. The summed E-state index contributed by atoms with van der Waals surface area (Å²) in [5.41, 5.74) is 0.